The molecule has 0 spiro atoms. The van der Waals surface area contributed by atoms with Gasteiger partial charge in [0.15, 0.2) is 0 Å². The van der Waals surface area contributed by atoms with E-state index >= 15 is 0 Å². The van der Waals surface area contributed by atoms with Crippen LogP contribution in [-0.2, 0) is 11.2 Å². The molecule has 0 fully saturated rings. The maximum Gasteiger partial charge on any atom is 0.134 e. The molecular formula is C9H10OS2. The van der Waals surface area contributed by atoms with E-state index in [1.165, 1.54) is 0 Å². The van der Waals surface area contributed by atoms with Crippen molar-refractivity contribution in [1.82, 2.24) is 0 Å². The van der Waals surface area contributed by atoms with E-state index in [-0.39, 0.29) is 5.78 Å². The predicted octanol–water partition coefficient (Wildman–Crippen LogP) is 2.40. The average Bonchev–Trinajstić information content (AvgIpc) is 1.98. The minimum Gasteiger partial charge on any atom is -0.300 e. The van der Waals surface area contributed by atoms with Gasteiger partial charge in [0.05, 0.1) is 0 Å². The molecular weight excluding hydrogens is 188 g/mol. The summed E-state index contributed by atoms with van der Waals surface area (Å²) in [5.41, 5.74) is 0.943. The molecule has 0 radical (unpaired) electrons. The van der Waals surface area contributed by atoms with Crippen molar-refractivity contribution in [2.24, 2.45) is 0 Å². The second kappa shape index (κ2) is 4.01. The van der Waals surface area contributed by atoms with Gasteiger partial charge in [-0.2, -0.15) is 0 Å². The zero-order valence-corrected chi connectivity index (χ0v) is 8.53. The number of benzene rings is 1. The van der Waals surface area contributed by atoms with Gasteiger partial charge in [-0.15, -0.1) is 25.3 Å². The van der Waals surface area contributed by atoms with Gasteiger partial charge in [-0.05, 0) is 18.6 Å². The Morgan fingerprint density at radius 1 is 1.42 bits per heavy atom. The van der Waals surface area contributed by atoms with Crippen LogP contribution in [0.1, 0.15) is 12.5 Å². The molecule has 0 amide bonds. The van der Waals surface area contributed by atoms with Crippen molar-refractivity contribution >= 4 is 31.0 Å². The lowest BCUT2D eigenvalue weighted by Gasteiger charge is -2.03. The molecule has 0 saturated heterocycles. The summed E-state index contributed by atoms with van der Waals surface area (Å²) in [6, 6.07) is 5.62. The van der Waals surface area contributed by atoms with E-state index < -0.39 is 0 Å². The van der Waals surface area contributed by atoms with E-state index in [0.717, 1.165) is 15.4 Å². The van der Waals surface area contributed by atoms with Crippen molar-refractivity contribution in [3.8, 4) is 0 Å². The first-order valence-corrected chi connectivity index (χ1v) is 4.50. The number of ketones is 1. The Balaban J connectivity index is 3.00. The third-order valence-corrected chi connectivity index (χ3v) is 2.61. The monoisotopic (exact) mass is 198 g/mol. The molecule has 1 nitrogen and oxygen atoms in total. The Morgan fingerprint density at radius 3 is 2.67 bits per heavy atom. The van der Waals surface area contributed by atoms with Gasteiger partial charge in [-0.3, -0.25) is 4.79 Å². The molecule has 1 rings (SSSR count). The third-order valence-electron chi connectivity index (χ3n) is 1.54. The highest BCUT2D eigenvalue weighted by Crippen LogP contribution is 2.22. The lowest BCUT2D eigenvalue weighted by atomic mass is 10.1. The van der Waals surface area contributed by atoms with Gasteiger partial charge < -0.3 is 0 Å². The normalized spacial score (nSPS) is 9.92. The molecule has 0 N–H and O–H groups in total. The molecule has 0 aromatic heterocycles. The maximum atomic E-state index is 10.8. The Bertz CT molecular complexity index is 307. The lowest BCUT2D eigenvalue weighted by Crippen LogP contribution is -1.97. The first-order valence-electron chi connectivity index (χ1n) is 3.60. The second-order valence-corrected chi connectivity index (χ2v) is 3.59. The maximum absolute atomic E-state index is 10.8. The van der Waals surface area contributed by atoms with Crippen molar-refractivity contribution in [1.29, 1.82) is 0 Å². The zero-order valence-electron chi connectivity index (χ0n) is 6.74. The highest BCUT2D eigenvalue weighted by atomic mass is 32.1. The molecule has 0 bridgehead atoms. The molecule has 12 heavy (non-hydrogen) atoms. The van der Waals surface area contributed by atoms with Gasteiger partial charge in [-0.25, -0.2) is 0 Å². The van der Waals surface area contributed by atoms with Crippen LogP contribution in [0, 0.1) is 0 Å². The third kappa shape index (κ3) is 2.29. The van der Waals surface area contributed by atoms with Gasteiger partial charge in [-0.1, -0.05) is 12.1 Å². The quantitative estimate of drug-likeness (QED) is 0.698. The highest BCUT2D eigenvalue weighted by molar-refractivity contribution is 7.83. The molecule has 0 atom stereocenters. The van der Waals surface area contributed by atoms with Gasteiger partial charge in [0, 0.05) is 16.2 Å². The topological polar surface area (TPSA) is 17.1 Å². The van der Waals surface area contributed by atoms with Crippen LogP contribution in [-0.4, -0.2) is 5.78 Å². The Labute approximate surface area is 83.0 Å². The van der Waals surface area contributed by atoms with Crippen LogP contribution in [0.5, 0.6) is 0 Å². The van der Waals surface area contributed by atoms with Crippen LogP contribution < -0.4 is 0 Å². The number of hydrogen-bond acceptors (Lipinski definition) is 3. The SMILES string of the molecule is CC(=O)Cc1cccc(S)c1S. The summed E-state index contributed by atoms with van der Waals surface area (Å²) in [7, 11) is 0. The van der Waals surface area contributed by atoms with Gasteiger partial charge in [0.1, 0.15) is 5.78 Å². The summed E-state index contributed by atoms with van der Waals surface area (Å²) in [6.07, 6.45) is 0.438. The number of Topliss-reactive ketones (excluding diaryl/α,β-unsaturated/α-hetero) is 1. The predicted molar refractivity (Wildman–Crippen MR) is 55.3 cm³/mol. The summed E-state index contributed by atoms with van der Waals surface area (Å²) in [5, 5.41) is 0. The molecule has 1 aromatic carbocycles. The van der Waals surface area contributed by atoms with E-state index in [4.69, 9.17) is 0 Å². The number of rotatable bonds is 2. The fourth-order valence-corrected chi connectivity index (χ4v) is 1.45. The van der Waals surface area contributed by atoms with Crippen molar-refractivity contribution in [3.05, 3.63) is 23.8 Å². The van der Waals surface area contributed by atoms with Crippen molar-refractivity contribution < 1.29 is 4.79 Å². The fraction of sp³-hybridized carbons (Fsp3) is 0.222. The minimum absolute atomic E-state index is 0.143. The Morgan fingerprint density at radius 2 is 2.08 bits per heavy atom. The standard InChI is InChI=1S/C9H10OS2/c1-6(10)5-7-3-2-4-8(11)9(7)12/h2-4,11-12H,5H2,1H3. The lowest BCUT2D eigenvalue weighted by molar-refractivity contribution is -0.116. The van der Waals surface area contributed by atoms with Crippen LogP contribution in [0.2, 0.25) is 0 Å². The summed E-state index contributed by atoms with van der Waals surface area (Å²) in [6.45, 7) is 1.57. The summed E-state index contributed by atoms with van der Waals surface area (Å²) < 4.78 is 0. The summed E-state index contributed by atoms with van der Waals surface area (Å²) in [4.78, 5) is 12.4. The zero-order chi connectivity index (χ0) is 9.14. The van der Waals surface area contributed by atoms with Gasteiger partial charge in [0.2, 0.25) is 0 Å². The van der Waals surface area contributed by atoms with E-state index in [0.29, 0.717) is 6.42 Å². The largest absolute Gasteiger partial charge is 0.300 e. The van der Waals surface area contributed by atoms with Gasteiger partial charge >= 0.3 is 0 Å². The summed E-state index contributed by atoms with van der Waals surface area (Å²) in [5.74, 6) is 0.143. The van der Waals surface area contributed by atoms with Crippen LogP contribution >= 0.6 is 25.3 Å². The molecule has 0 aliphatic heterocycles. The number of thiol groups is 2. The fourth-order valence-electron chi connectivity index (χ4n) is 0.989. The molecule has 3 heteroatoms. The molecule has 0 heterocycles. The van der Waals surface area contributed by atoms with E-state index in [1.54, 1.807) is 6.92 Å². The number of hydrogen-bond donors (Lipinski definition) is 2. The molecule has 0 aliphatic rings. The second-order valence-electron chi connectivity index (χ2n) is 2.66. The smallest absolute Gasteiger partial charge is 0.134 e. The summed E-state index contributed by atoms with van der Waals surface area (Å²) >= 11 is 8.46. The van der Waals surface area contributed by atoms with Crippen LogP contribution in [0.4, 0.5) is 0 Å². The molecule has 0 saturated carbocycles. The van der Waals surface area contributed by atoms with Crippen LogP contribution in [0.25, 0.3) is 0 Å². The molecule has 64 valence electrons. The van der Waals surface area contributed by atoms with Gasteiger partial charge in [0.25, 0.3) is 0 Å². The van der Waals surface area contributed by atoms with Crippen LogP contribution in [0.15, 0.2) is 28.0 Å². The Kier molecular flexibility index (Phi) is 3.23. The first kappa shape index (κ1) is 9.68. The van der Waals surface area contributed by atoms with E-state index in [2.05, 4.69) is 25.3 Å². The first-order chi connectivity index (χ1) is 5.61. The Hall–Kier alpha value is -0.410. The highest BCUT2D eigenvalue weighted by Gasteiger charge is 2.03. The number of carbonyl (C=O) groups is 1. The average molecular weight is 198 g/mol. The van der Waals surface area contributed by atoms with Crippen molar-refractivity contribution in [3.63, 3.8) is 0 Å². The van der Waals surface area contributed by atoms with Crippen molar-refractivity contribution in [2.75, 3.05) is 0 Å². The van der Waals surface area contributed by atoms with E-state index in [1.807, 2.05) is 18.2 Å². The minimum atomic E-state index is 0.143. The van der Waals surface area contributed by atoms with E-state index in [9.17, 15) is 4.79 Å². The molecule has 0 unspecified atom stereocenters. The molecule has 0 aliphatic carbocycles. The number of carbonyl (C=O) groups excluding carboxylic acids is 1. The van der Waals surface area contributed by atoms with Crippen molar-refractivity contribution in [2.45, 2.75) is 23.1 Å². The van der Waals surface area contributed by atoms with Crippen LogP contribution in [0.3, 0.4) is 0 Å². The molecule has 1 aromatic rings.